The highest BCUT2D eigenvalue weighted by Crippen LogP contribution is 2.43. The van der Waals surface area contributed by atoms with Crippen molar-refractivity contribution in [2.45, 2.75) is 19.3 Å². The van der Waals surface area contributed by atoms with Gasteiger partial charge in [0.05, 0.1) is 0 Å². The summed E-state index contributed by atoms with van der Waals surface area (Å²) in [5.41, 5.74) is 19.4. The summed E-state index contributed by atoms with van der Waals surface area (Å²) in [7, 11) is 0. The first-order valence-corrected chi connectivity index (χ1v) is 18.4. The smallest absolute Gasteiger partial charge is 0.144 e. The van der Waals surface area contributed by atoms with Gasteiger partial charge in [0.25, 0.3) is 0 Å². The van der Waals surface area contributed by atoms with E-state index in [9.17, 15) is 0 Å². The number of allylic oxidation sites excluding steroid dienone is 6. The number of hydrogen-bond donors (Lipinski definition) is 0. The number of rotatable bonds is 5. The van der Waals surface area contributed by atoms with E-state index in [1.807, 2.05) is 6.07 Å². The topological polar surface area (TPSA) is 29.5 Å². The SMILES string of the molecule is C1=C=CC2CC(N(C3=c4c(oc5c(-c6ccc7ccccc7c6)c6c(cc45)oc4ccccc46)=CCC3)c3ccc(-c4ccccc4)cc3)=CC=C2C=1. The third-order valence-electron chi connectivity index (χ3n) is 11.1. The number of anilines is 1. The van der Waals surface area contributed by atoms with Gasteiger partial charge in [-0.3, -0.25) is 0 Å². The van der Waals surface area contributed by atoms with E-state index in [2.05, 4.69) is 168 Å². The van der Waals surface area contributed by atoms with Crippen molar-refractivity contribution in [2.24, 2.45) is 5.92 Å². The zero-order chi connectivity index (χ0) is 34.9. The Balaban J connectivity index is 1.20. The molecule has 3 aliphatic rings. The molecule has 250 valence electrons. The zero-order valence-corrected chi connectivity index (χ0v) is 29.0. The molecule has 0 amide bonds. The molecule has 0 bridgehead atoms. The molecule has 8 aromatic rings. The van der Waals surface area contributed by atoms with Gasteiger partial charge >= 0.3 is 0 Å². The van der Waals surface area contributed by atoms with E-state index < -0.39 is 0 Å². The Morgan fingerprint density at radius 2 is 1.43 bits per heavy atom. The molecule has 0 spiro atoms. The van der Waals surface area contributed by atoms with Gasteiger partial charge in [0.15, 0.2) is 0 Å². The van der Waals surface area contributed by atoms with Gasteiger partial charge in [0, 0.05) is 49.9 Å². The highest BCUT2D eigenvalue weighted by atomic mass is 16.3. The van der Waals surface area contributed by atoms with Crippen LogP contribution in [0.2, 0.25) is 0 Å². The number of para-hydroxylation sites is 1. The van der Waals surface area contributed by atoms with Crippen LogP contribution in [0.25, 0.3) is 77.7 Å². The zero-order valence-electron chi connectivity index (χ0n) is 29.0. The molecule has 0 fully saturated rings. The van der Waals surface area contributed by atoms with Gasteiger partial charge < -0.3 is 13.7 Å². The van der Waals surface area contributed by atoms with Crippen LogP contribution in [-0.4, -0.2) is 0 Å². The number of fused-ring (bicyclic) bond motifs is 8. The lowest BCUT2D eigenvalue weighted by Crippen LogP contribution is -2.35. The number of benzene rings is 6. The van der Waals surface area contributed by atoms with Crippen molar-refractivity contribution in [3.8, 4) is 22.3 Å². The molecule has 6 aromatic carbocycles. The molecule has 3 heteroatoms. The molecule has 1 unspecified atom stereocenters. The second-order valence-corrected chi connectivity index (χ2v) is 14.2. The Labute approximate surface area is 306 Å². The van der Waals surface area contributed by atoms with E-state index >= 15 is 0 Å². The summed E-state index contributed by atoms with van der Waals surface area (Å²) < 4.78 is 13.7. The van der Waals surface area contributed by atoms with Crippen LogP contribution in [0.15, 0.2) is 183 Å². The molecule has 2 heterocycles. The van der Waals surface area contributed by atoms with E-state index in [0.29, 0.717) is 0 Å². The summed E-state index contributed by atoms with van der Waals surface area (Å²) in [5.74, 6) is 0.258. The summed E-state index contributed by atoms with van der Waals surface area (Å²) in [5, 5.41) is 6.79. The quantitative estimate of drug-likeness (QED) is 0.170. The van der Waals surface area contributed by atoms with Crippen LogP contribution >= 0.6 is 0 Å². The van der Waals surface area contributed by atoms with Gasteiger partial charge in [-0.25, -0.2) is 0 Å². The Morgan fingerprint density at radius 3 is 2.34 bits per heavy atom. The summed E-state index contributed by atoms with van der Waals surface area (Å²) in [4.78, 5) is 2.50. The number of nitrogens with zero attached hydrogens (tertiary/aromatic N) is 1. The summed E-state index contributed by atoms with van der Waals surface area (Å²) in [6.45, 7) is 0. The van der Waals surface area contributed by atoms with E-state index in [1.54, 1.807) is 0 Å². The minimum atomic E-state index is 0.258. The molecular weight excluding hydrogens is 647 g/mol. The summed E-state index contributed by atoms with van der Waals surface area (Å²) in [6.07, 6.45) is 13.7. The van der Waals surface area contributed by atoms with E-state index in [4.69, 9.17) is 8.83 Å². The number of hydrogen-bond acceptors (Lipinski definition) is 3. The van der Waals surface area contributed by atoms with Crippen molar-refractivity contribution in [1.29, 1.82) is 0 Å². The van der Waals surface area contributed by atoms with Crippen LogP contribution in [0, 0.1) is 5.92 Å². The van der Waals surface area contributed by atoms with Crippen LogP contribution < -0.4 is 15.5 Å². The van der Waals surface area contributed by atoms with Gasteiger partial charge in [0.1, 0.15) is 22.2 Å². The lowest BCUT2D eigenvalue weighted by Gasteiger charge is -2.34. The van der Waals surface area contributed by atoms with Crippen LogP contribution in [-0.2, 0) is 0 Å². The largest absolute Gasteiger partial charge is 0.456 e. The fourth-order valence-electron chi connectivity index (χ4n) is 8.61. The van der Waals surface area contributed by atoms with Crippen molar-refractivity contribution in [2.75, 3.05) is 4.90 Å². The number of furan rings is 2. The summed E-state index contributed by atoms with van der Waals surface area (Å²) in [6, 6.07) is 45.5. The molecule has 0 radical (unpaired) electrons. The predicted molar refractivity (Wildman–Crippen MR) is 218 cm³/mol. The van der Waals surface area contributed by atoms with Crippen LogP contribution in [0.3, 0.4) is 0 Å². The fraction of sp³-hybridized carbons (Fsp3) is 0.0800. The van der Waals surface area contributed by atoms with Gasteiger partial charge in [-0.2, -0.15) is 0 Å². The van der Waals surface area contributed by atoms with Gasteiger partial charge in [-0.1, -0.05) is 115 Å². The Kier molecular flexibility index (Phi) is 6.72. The Bertz CT molecular complexity index is 3100. The Hall–Kier alpha value is -6.76. The molecule has 53 heavy (non-hydrogen) atoms. The molecular formula is C50H33NO2. The first kappa shape index (κ1) is 29.9. The first-order valence-electron chi connectivity index (χ1n) is 18.4. The molecule has 0 saturated heterocycles. The standard InChI is InChI=1S/C50H33NO2/c1-2-11-32(12-3-1)35-23-26-39(27-24-35)51(40-28-25-34-14-5-7-16-37(34)30-40)43-18-10-20-45-48(43)42-31-46-49(41-17-8-9-19-44(41)52-46)47(50(42)53-45)38-22-21-33-13-4-6-15-36(33)29-38/h1-4,6,8-9,11-17,19-29,31,37H,10,18,30H2. The summed E-state index contributed by atoms with van der Waals surface area (Å²) >= 11 is 0. The highest BCUT2D eigenvalue weighted by molar-refractivity contribution is 6.20. The van der Waals surface area contributed by atoms with Crippen LogP contribution in [0.5, 0.6) is 0 Å². The molecule has 0 aliphatic heterocycles. The third kappa shape index (κ3) is 4.84. The third-order valence-corrected chi connectivity index (χ3v) is 11.1. The molecule has 11 rings (SSSR count). The lowest BCUT2D eigenvalue weighted by atomic mass is 9.87. The van der Waals surface area contributed by atoms with Crippen molar-refractivity contribution < 1.29 is 8.83 Å². The molecule has 0 saturated carbocycles. The van der Waals surface area contributed by atoms with Gasteiger partial charge in [-0.05, 0) is 107 Å². The van der Waals surface area contributed by atoms with E-state index in [1.165, 1.54) is 38.9 Å². The monoisotopic (exact) mass is 679 g/mol. The average molecular weight is 680 g/mol. The maximum Gasteiger partial charge on any atom is 0.144 e. The van der Waals surface area contributed by atoms with Crippen molar-refractivity contribution >= 4 is 61.1 Å². The molecule has 1 atom stereocenters. The van der Waals surface area contributed by atoms with Crippen LogP contribution in [0.4, 0.5) is 5.69 Å². The van der Waals surface area contributed by atoms with Gasteiger partial charge in [0.2, 0.25) is 0 Å². The minimum absolute atomic E-state index is 0.258. The fourth-order valence-corrected chi connectivity index (χ4v) is 8.61. The highest BCUT2D eigenvalue weighted by Gasteiger charge is 2.28. The molecule has 3 nitrogen and oxygen atoms in total. The lowest BCUT2D eigenvalue weighted by molar-refractivity contribution is 0.571. The first-order chi connectivity index (χ1) is 26.3. The van der Waals surface area contributed by atoms with E-state index in [0.717, 1.165) is 79.6 Å². The maximum absolute atomic E-state index is 7.08. The molecule has 2 aromatic heterocycles. The second-order valence-electron chi connectivity index (χ2n) is 14.2. The van der Waals surface area contributed by atoms with Crippen molar-refractivity contribution in [1.82, 2.24) is 0 Å². The van der Waals surface area contributed by atoms with Crippen molar-refractivity contribution in [3.05, 3.63) is 185 Å². The van der Waals surface area contributed by atoms with Crippen molar-refractivity contribution in [3.63, 3.8) is 0 Å². The molecule has 3 aliphatic carbocycles. The van der Waals surface area contributed by atoms with E-state index in [-0.39, 0.29) is 5.92 Å². The van der Waals surface area contributed by atoms with Gasteiger partial charge in [-0.15, -0.1) is 0 Å². The normalized spacial score (nSPS) is 16.2. The second kappa shape index (κ2) is 11.9. The maximum atomic E-state index is 7.08. The average Bonchev–Trinajstić information content (AvgIpc) is 3.79. The Morgan fingerprint density at radius 1 is 0.642 bits per heavy atom. The minimum Gasteiger partial charge on any atom is -0.456 e. The molecule has 0 N–H and O–H groups in total. The van der Waals surface area contributed by atoms with Crippen LogP contribution in [0.1, 0.15) is 19.3 Å². The predicted octanol–water partition coefficient (Wildman–Crippen LogP) is 11.7.